The van der Waals surface area contributed by atoms with Gasteiger partial charge in [0.2, 0.25) is 5.91 Å². The van der Waals surface area contributed by atoms with E-state index in [1.807, 2.05) is 0 Å². The lowest BCUT2D eigenvalue weighted by Gasteiger charge is -2.08. The standard InChI is InChI=1S/C21H20F2N4O4S2/c1-27-17(11-6-8-12(9-7-11)31-20(22)23)25-26-21(27)32-10-15(28)24-18-16(19(29)30-2)13-4-3-5-14(13)33-18/h6-9,20H,3-5,10H2,1-2H3,(H,24,28). The van der Waals surface area contributed by atoms with E-state index in [2.05, 4.69) is 20.3 Å². The number of ether oxygens (including phenoxy) is 2. The summed E-state index contributed by atoms with van der Waals surface area (Å²) in [5.74, 6) is -0.0864. The van der Waals surface area contributed by atoms with Gasteiger partial charge < -0.3 is 19.4 Å². The smallest absolute Gasteiger partial charge is 0.387 e. The predicted molar refractivity (Wildman–Crippen MR) is 120 cm³/mol. The molecule has 2 aromatic heterocycles. The fourth-order valence-corrected chi connectivity index (χ4v) is 5.59. The minimum atomic E-state index is -2.89. The van der Waals surface area contributed by atoms with Crippen molar-refractivity contribution in [1.29, 1.82) is 0 Å². The number of carbonyl (C=O) groups is 2. The quantitative estimate of drug-likeness (QED) is 0.371. The zero-order chi connectivity index (χ0) is 23.5. The van der Waals surface area contributed by atoms with Crippen molar-refractivity contribution in [3.63, 3.8) is 0 Å². The molecule has 174 valence electrons. The number of methoxy groups -OCH3 is 1. The Labute approximate surface area is 196 Å². The number of hydrogen-bond donors (Lipinski definition) is 1. The van der Waals surface area contributed by atoms with Gasteiger partial charge in [0.05, 0.1) is 18.4 Å². The molecule has 0 radical (unpaired) electrons. The molecular weight excluding hydrogens is 474 g/mol. The number of fused-ring (bicyclic) bond motifs is 1. The van der Waals surface area contributed by atoms with E-state index >= 15 is 0 Å². The van der Waals surface area contributed by atoms with Crippen LogP contribution in [0.3, 0.4) is 0 Å². The summed E-state index contributed by atoms with van der Waals surface area (Å²) in [5.41, 5.74) is 2.09. The Morgan fingerprint density at radius 3 is 2.70 bits per heavy atom. The Morgan fingerprint density at radius 1 is 1.24 bits per heavy atom. The molecule has 0 fully saturated rings. The third-order valence-electron chi connectivity index (χ3n) is 5.07. The number of halogens is 2. The first-order valence-electron chi connectivity index (χ1n) is 9.97. The third kappa shape index (κ3) is 5.01. The van der Waals surface area contributed by atoms with E-state index in [-0.39, 0.29) is 17.4 Å². The zero-order valence-electron chi connectivity index (χ0n) is 17.8. The van der Waals surface area contributed by atoms with Crippen molar-refractivity contribution in [3.8, 4) is 17.1 Å². The van der Waals surface area contributed by atoms with Crippen molar-refractivity contribution in [1.82, 2.24) is 14.8 Å². The lowest BCUT2D eigenvalue weighted by molar-refractivity contribution is -0.113. The highest BCUT2D eigenvalue weighted by atomic mass is 32.2. The average Bonchev–Trinajstić information content (AvgIpc) is 3.47. The van der Waals surface area contributed by atoms with Gasteiger partial charge in [-0.05, 0) is 49.1 Å². The topological polar surface area (TPSA) is 95.3 Å². The Kier molecular flexibility index (Phi) is 6.94. The van der Waals surface area contributed by atoms with Crippen molar-refractivity contribution < 1.29 is 27.8 Å². The van der Waals surface area contributed by atoms with Crippen LogP contribution in [-0.4, -0.2) is 46.1 Å². The Hall–Kier alpha value is -2.99. The molecule has 0 bridgehead atoms. The van der Waals surface area contributed by atoms with E-state index in [1.165, 1.54) is 42.3 Å². The summed E-state index contributed by atoms with van der Waals surface area (Å²) >= 11 is 2.61. The third-order valence-corrected chi connectivity index (χ3v) is 7.30. The van der Waals surface area contributed by atoms with Gasteiger partial charge in [0.25, 0.3) is 0 Å². The van der Waals surface area contributed by atoms with Gasteiger partial charge in [0.1, 0.15) is 10.8 Å². The molecular formula is C21H20F2N4O4S2. The molecule has 0 atom stereocenters. The average molecular weight is 495 g/mol. The number of aryl methyl sites for hydroxylation is 1. The summed E-state index contributed by atoms with van der Waals surface area (Å²) < 4.78 is 35.6. The van der Waals surface area contributed by atoms with E-state index in [1.54, 1.807) is 23.7 Å². The van der Waals surface area contributed by atoms with Crippen LogP contribution in [0, 0.1) is 0 Å². The van der Waals surface area contributed by atoms with Gasteiger partial charge in [0.15, 0.2) is 11.0 Å². The maximum Gasteiger partial charge on any atom is 0.387 e. The molecule has 8 nitrogen and oxygen atoms in total. The van der Waals surface area contributed by atoms with Gasteiger partial charge in [-0.15, -0.1) is 21.5 Å². The molecule has 1 N–H and O–H groups in total. The number of thiophene rings is 1. The molecule has 0 saturated carbocycles. The van der Waals surface area contributed by atoms with Crippen LogP contribution in [0.1, 0.15) is 27.2 Å². The zero-order valence-corrected chi connectivity index (χ0v) is 19.4. The number of nitrogens with one attached hydrogen (secondary N) is 1. The van der Waals surface area contributed by atoms with Gasteiger partial charge in [-0.3, -0.25) is 4.79 Å². The molecule has 33 heavy (non-hydrogen) atoms. The Bertz CT molecular complexity index is 1180. The summed E-state index contributed by atoms with van der Waals surface area (Å²) in [4.78, 5) is 25.9. The SMILES string of the molecule is COC(=O)c1c(NC(=O)CSc2nnc(-c3ccc(OC(F)F)cc3)n2C)sc2c1CCC2. The fourth-order valence-electron chi connectivity index (χ4n) is 3.58. The van der Waals surface area contributed by atoms with Gasteiger partial charge in [-0.1, -0.05) is 11.8 Å². The predicted octanol–water partition coefficient (Wildman–Crippen LogP) is 4.15. The highest BCUT2D eigenvalue weighted by Crippen LogP contribution is 2.39. The Morgan fingerprint density at radius 2 is 2.00 bits per heavy atom. The molecule has 1 amide bonds. The number of benzene rings is 1. The number of nitrogens with zero attached hydrogens (tertiary/aromatic N) is 3. The number of hydrogen-bond acceptors (Lipinski definition) is 8. The monoisotopic (exact) mass is 494 g/mol. The summed E-state index contributed by atoms with van der Waals surface area (Å²) in [6.07, 6.45) is 2.69. The van der Waals surface area contributed by atoms with Crippen molar-refractivity contribution in [2.45, 2.75) is 31.0 Å². The number of carbonyl (C=O) groups excluding carboxylic acids is 2. The summed E-state index contributed by atoms with van der Waals surface area (Å²) in [6.45, 7) is -2.89. The van der Waals surface area contributed by atoms with Gasteiger partial charge in [-0.2, -0.15) is 8.78 Å². The van der Waals surface area contributed by atoms with E-state index in [9.17, 15) is 18.4 Å². The lowest BCUT2D eigenvalue weighted by atomic mass is 10.1. The van der Waals surface area contributed by atoms with E-state index in [0.717, 1.165) is 29.7 Å². The van der Waals surface area contributed by atoms with E-state index in [0.29, 0.717) is 27.1 Å². The van der Waals surface area contributed by atoms with Crippen LogP contribution in [0.5, 0.6) is 5.75 Å². The highest BCUT2D eigenvalue weighted by molar-refractivity contribution is 7.99. The van der Waals surface area contributed by atoms with Gasteiger partial charge in [0, 0.05) is 17.5 Å². The van der Waals surface area contributed by atoms with E-state index in [4.69, 9.17) is 4.74 Å². The summed E-state index contributed by atoms with van der Waals surface area (Å²) in [5, 5.41) is 12.1. The first-order chi connectivity index (χ1) is 15.9. The molecule has 1 aliphatic carbocycles. The molecule has 1 aliphatic rings. The molecule has 4 rings (SSSR count). The molecule has 12 heteroatoms. The van der Waals surface area contributed by atoms with Crippen LogP contribution in [0.4, 0.5) is 13.8 Å². The number of rotatable bonds is 8. The van der Waals surface area contributed by atoms with Crippen LogP contribution in [0.2, 0.25) is 0 Å². The van der Waals surface area contributed by atoms with Gasteiger partial charge in [-0.25, -0.2) is 4.79 Å². The molecule has 2 heterocycles. The maximum absolute atomic E-state index is 12.6. The second-order valence-electron chi connectivity index (χ2n) is 7.16. The van der Waals surface area contributed by atoms with Crippen LogP contribution < -0.4 is 10.1 Å². The number of alkyl halides is 2. The largest absolute Gasteiger partial charge is 0.465 e. The normalized spacial score (nSPS) is 12.6. The number of anilines is 1. The van der Waals surface area contributed by atoms with Gasteiger partial charge >= 0.3 is 12.6 Å². The van der Waals surface area contributed by atoms with E-state index < -0.39 is 12.6 Å². The Balaban J connectivity index is 1.41. The minimum absolute atomic E-state index is 0.0491. The van der Waals surface area contributed by atoms with Crippen molar-refractivity contribution in [2.24, 2.45) is 7.05 Å². The molecule has 0 saturated heterocycles. The number of thioether (sulfide) groups is 1. The highest BCUT2D eigenvalue weighted by Gasteiger charge is 2.28. The number of aromatic nitrogens is 3. The minimum Gasteiger partial charge on any atom is -0.465 e. The second kappa shape index (κ2) is 9.87. The molecule has 3 aromatic rings. The molecule has 0 aliphatic heterocycles. The first-order valence-corrected chi connectivity index (χ1v) is 11.8. The van der Waals surface area contributed by atoms with Crippen molar-refractivity contribution >= 4 is 40.0 Å². The van der Waals surface area contributed by atoms with Crippen LogP contribution in [-0.2, 0) is 29.4 Å². The second-order valence-corrected chi connectivity index (χ2v) is 9.21. The molecule has 0 spiro atoms. The van der Waals surface area contributed by atoms with Crippen molar-refractivity contribution in [3.05, 3.63) is 40.3 Å². The number of esters is 1. The molecule has 1 aromatic carbocycles. The number of amides is 1. The van der Waals surface area contributed by atoms with Crippen LogP contribution in [0.25, 0.3) is 11.4 Å². The molecule has 0 unspecified atom stereocenters. The fraction of sp³-hybridized carbons (Fsp3) is 0.333. The van der Waals surface area contributed by atoms with Crippen LogP contribution in [0.15, 0.2) is 29.4 Å². The summed E-state index contributed by atoms with van der Waals surface area (Å²) in [6, 6.07) is 6.06. The lowest BCUT2D eigenvalue weighted by Crippen LogP contribution is -2.16. The summed E-state index contributed by atoms with van der Waals surface area (Å²) in [7, 11) is 3.08. The van der Waals surface area contributed by atoms with Crippen LogP contribution >= 0.6 is 23.1 Å². The maximum atomic E-state index is 12.6. The first kappa shape index (κ1) is 23.2. The van der Waals surface area contributed by atoms with Crippen molar-refractivity contribution in [2.75, 3.05) is 18.2 Å².